The van der Waals surface area contributed by atoms with Crippen LogP contribution in [0.5, 0.6) is 0 Å². The van der Waals surface area contributed by atoms with Crippen molar-refractivity contribution >= 4 is 0 Å². The Hall–Kier alpha value is -0.830. The lowest BCUT2D eigenvalue weighted by atomic mass is 9.65. The van der Waals surface area contributed by atoms with Crippen molar-refractivity contribution in [3.05, 3.63) is 17.5 Å². The van der Waals surface area contributed by atoms with Crippen LogP contribution in [0.1, 0.15) is 50.9 Å². The van der Waals surface area contributed by atoms with Crippen LogP contribution >= 0.6 is 0 Å². The van der Waals surface area contributed by atoms with E-state index in [-0.39, 0.29) is 0 Å². The summed E-state index contributed by atoms with van der Waals surface area (Å²) in [5.74, 6) is 0.765. The lowest BCUT2D eigenvalue weighted by molar-refractivity contribution is 0.100. The third kappa shape index (κ3) is 3.19. The van der Waals surface area contributed by atoms with Crippen LogP contribution in [-0.4, -0.2) is 22.9 Å². The minimum absolute atomic E-state index is 0.458. The van der Waals surface area contributed by atoms with E-state index < -0.39 is 0 Å². The standard InChI is InChI=1S/C16H29N3/c1-12-10-13(19(5)18-12)11-15(17-4)14-8-6-7-9-16(14,2)3/h10,14-15,17H,6-9,11H2,1-5H3. The van der Waals surface area contributed by atoms with Gasteiger partial charge in [0.2, 0.25) is 0 Å². The molecule has 2 rings (SSSR count). The molecule has 1 aliphatic rings. The van der Waals surface area contributed by atoms with Crippen molar-refractivity contribution in [2.75, 3.05) is 7.05 Å². The van der Waals surface area contributed by atoms with E-state index in [4.69, 9.17) is 0 Å². The van der Waals surface area contributed by atoms with Crippen molar-refractivity contribution < 1.29 is 0 Å². The summed E-state index contributed by atoms with van der Waals surface area (Å²) in [7, 11) is 4.17. The lowest BCUT2D eigenvalue weighted by Gasteiger charge is -2.43. The number of nitrogens with zero attached hydrogens (tertiary/aromatic N) is 2. The van der Waals surface area contributed by atoms with Crippen LogP contribution < -0.4 is 5.32 Å². The predicted octanol–water partition coefficient (Wildman–Crippen LogP) is 3.08. The maximum atomic E-state index is 4.47. The Balaban J connectivity index is 2.13. The molecule has 19 heavy (non-hydrogen) atoms. The fraction of sp³-hybridized carbons (Fsp3) is 0.812. The first-order chi connectivity index (χ1) is 8.94. The quantitative estimate of drug-likeness (QED) is 0.904. The second-order valence-corrected chi connectivity index (χ2v) is 6.84. The molecule has 0 spiro atoms. The number of aryl methyl sites for hydroxylation is 2. The Morgan fingerprint density at radius 1 is 1.47 bits per heavy atom. The fourth-order valence-electron chi connectivity index (χ4n) is 3.79. The first-order valence-electron chi connectivity index (χ1n) is 7.61. The van der Waals surface area contributed by atoms with Gasteiger partial charge in [-0.2, -0.15) is 5.10 Å². The molecule has 3 nitrogen and oxygen atoms in total. The summed E-state index contributed by atoms with van der Waals surface area (Å²) in [5.41, 5.74) is 2.92. The lowest BCUT2D eigenvalue weighted by Crippen LogP contribution is -2.45. The van der Waals surface area contributed by atoms with Gasteiger partial charge in [0.1, 0.15) is 0 Å². The van der Waals surface area contributed by atoms with Crippen LogP contribution in [0.3, 0.4) is 0 Å². The van der Waals surface area contributed by atoms with Crippen molar-refractivity contribution in [2.24, 2.45) is 18.4 Å². The first kappa shape index (κ1) is 14.6. The highest BCUT2D eigenvalue weighted by atomic mass is 15.3. The molecule has 1 saturated carbocycles. The maximum Gasteiger partial charge on any atom is 0.0596 e. The summed E-state index contributed by atoms with van der Waals surface area (Å²) in [4.78, 5) is 0. The molecular weight excluding hydrogens is 234 g/mol. The molecule has 2 atom stereocenters. The summed E-state index contributed by atoms with van der Waals surface area (Å²) in [5, 5.41) is 8.04. The predicted molar refractivity (Wildman–Crippen MR) is 80.2 cm³/mol. The SMILES string of the molecule is CNC(Cc1cc(C)nn1C)C1CCCCC1(C)C. The Labute approximate surface area is 117 Å². The molecule has 0 bridgehead atoms. The molecule has 1 fully saturated rings. The molecule has 2 unspecified atom stereocenters. The highest BCUT2D eigenvalue weighted by Gasteiger charge is 2.37. The van der Waals surface area contributed by atoms with Gasteiger partial charge in [-0.1, -0.05) is 26.7 Å². The van der Waals surface area contributed by atoms with Gasteiger partial charge >= 0.3 is 0 Å². The third-order valence-corrected chi connectivity index (χ3v) is 4.97. The van der Waals surface area contributed by atoms with E-state index in [9.17, 15) is 0 Å². The average Bonchev–Trinajstić information content (AvgIpc) is 2.65. The van der Waals surface area contributed by atoms with E-state index in [1.165, 1.54) is 31.4 Å². The normalized spacial score (nSPS) is 24.4. The minimum atomic E-state index is 0.458. The second kappa shape index (κ2) is 5.66. The zero-order valence-corrected chi connectivity index (χ0v) is 13.2. The molecule has 0 radical (unpaired) electrons. The fourth-order valence-corrected chi connectivity index (χ4v) is 3.79. The summed E-state index contributed by atoms with van der Waals surface area (Å²) in [6.45, 7) is 6.95. The Kier molecular flexibility index (Phi) is 4.34. The largest absolute Gasteiger partial charge is 0.316 e. The van der Waals surface area contributed by atoms with Gasteiger partial charge in [-0.15, -0.1) is 0 Å². The molecule has 1 aliphatic carbocycles. The monoisotopic (exact) mass is 263 g/mol. The van der Waals surface area contributed by atoms with E-state index in [1.807, 2.05) is 4.68 Å². The number of rotatable bonds is 4. The van der Waals surface area contributed by atoms with Gasteiger partial charge in [-0.05, 0) is 44.2 Å². The summed E-state index contributed by atoms with van der Waals surface area (Å²) >= 11 is 0. The van der Waals surface area contributed by atoms with Crippen LogP contribution in [0.2, 0.25) is 0 Å². The van der Waals surface area contributed by atoms with E-state index in [1.54, 1.807) is 0 Å². The smallest absolute Gasteiger partial charge is 0.0596 e. The third-order valence-electron chi connectivity index (χ3n) is 4.97. The Bertz CT molecular complexity index is 420. The minimum Gasteiger partial charge on any atom is -0.316 e. The number of hydrogen-bond donors (Lipinski definition) is 1. The van der Waals surface area contributed by atoms with Gasteiger partial charge in [0.25, 0.3) is 0 Å². The first-order valence-corrected chi connectivity index (χ1v) is 7.61. The Morgan fingerprint density at radius 2 is 2.21 bits per heavy atom. The van der Waals surface area contributed by atoms with Crippen LogP contribution in [0.15, 0.2) is 6.07 Å². The van der Waals surface area contributed by atoms with Crippen LogP contribution in [0.4, 0.5) is 0 Å². The van der Waals surface area contributed by atoms with E-state index in [2.05, 4.69) is 51.3 Å². The van der Waals surface area contributed by atoms with Crippen molar-refractivity contribution in [2.45, 2.75) is 58.9 Å². The van der Waals surface area contributed by atoms with Gasteiger partial charge in [-0.3, -0.25) is 4.68 Å². The second-order valence-electron chi connectivity index (χ2n) is 6.84. The number of likely N-dealkylation sites (N-methyl/N-ethyl adjacent to an activating group) is 1. The Morgan fingerprint density at radius 3 is 2.74 bits per heavy atom. The van der Waals surface area contributed by atoms with E-state index >= 15 is 0 Å². The summed E-state index contributed by atoms with van der Waals surface area (Å²) in [6, 6.07) is 2.78. The van der Waals surface area contributed by atoms with Gasteiger partial charge in [0.05, 0.1) is 5.69 Å². The topological polar surface area (TPSA) is 29.9 Å². The molecule has 0 amide bonds. The van der Waals surface area contributed by atoms with Gasteiger partial charge in [0, 0.05) is 25.2 Å². The number of nitrogens with one attached hydrogen (secondary N) is 1. The van der Waals surface area contributed by atoms with Gasteiger partial charge in [-0.25, -0.2) is 0 Å². The molecule has 1 N–H and O–H groups in total. The summed E-state index contributed by atoms with van der Waals surface area (Å²) in [6.07, 6.45) is 6.58. The zero-order chi connectivity index (χ0) is 14.0. The molecule has 0 aromatic carbocycles. The van der Waals surface area contributed by atoms with E-state index in [0.717, 1.165) is 18.0 Å². The van der Waals surface area contributed by atoms with Gasteiger partial charge in [0.15, 0.2) is 0 Å². The summed E-state index contributed by atoms with van der Waals surface area (Å²) < 4.78 is 2.04. The van der Waals surface area contributed by atoms with Crippen molar-refractivity contribution in [1.82, 2.24) is 15.1 Å². The molecule has 0 aliphatic heterocycles. The maximum absolute atomic E-state index is 4.47. The van der Waals surface area contributed by atoms with Crippen LogP contribution in [-0.2, 0) is 13.5 Å². The van der Waals surface area contributed by atoms with Crippen molar-refractivity contribution in [3.63, 3.8) is 0 Å². The zero-order valence-electron chi connectivity index (χ0n) is 13.2. The molecule has 1 heterocycles. The van der Waals surface area contributed by atoms with E-state index in [0.29, 0.717) is 11.5 Å². The average molecular weight is 263 g/mol. The van der Waals surface area contributed by atoms with Crippen molar-refractivity contribution in [3.8, 4) is 0 Å². The molecule has 3 heteroatoms. The number of hydrogen-bond acceptors (Lipinski definition) is 2. The van der Waals surface area contributed by atoms with Gasteiger partial charge < -0.3 is 5.32 Å². The molecule has 1 aromatic rings. The molecule has 0 saturated heterocycles. The van der Waals surface area contributed by atoms with Crippen molar-refractivity contribution in [1.29, 1.82) is 0 Å². The van der Waals surface area contributed by atoms with Crippen LogP contribution in [0, 0.1) is 18.3 Å². The highest BCUT2D eigenvalue weighted by molar-refractivity contribution is 5.11. The van der Waals surface area contributed by atoms with Crippen LogP contribution in [0.25, 0.3) is 0 Å². The highest BCUT2D eigenvalue weighted by Crippen LogP contribution is 2.42. The number of aromatic nitrogens is 2. The molecule has 1 aromatic heterocycles. The molecular formula is C16H29N3. The molecule has 108 valence electrons.